The van der Waals surface area contributed by atoms with Gasteiger partial charge in [0, 0.05) is 12.8 Å². The lowest BCUT2D eigenvalue weighted by molar-refractivity contribution is -0.160. The predicted octanol–water partition coefficient (Wildman–Crippen LogP) is 1.66. The molecule has 0 aliphatic heterocycles. The molecule has 1 rings (SSSR count). The van der Waals surface area contributed by atoms with Crippen LogP contribution in [0.5, 0.6) is 0 Å². The van der Waals surface area contributed by atoms with Gasteiger partial charge < -0.3 is 9.53 Å². The van der Waals surface area contributed by atoms with E-state index < -0.39 is 11.4 Å². The minimum Gasteiger partial charge on any atom is -0.468 e. The number of ketones is 2. The molecule has 0 radical (unpaired) electrons. The smallest absolute Gasteiger partial charge is 0.319 e. The molecule has 0 aromatic rings. The molecule has 0 N–H and O–H groups in total. The van der Waals surface area contributed by atoms with Gasteiger partial charge in [0.1, 0.15) is 17.0 Å². The average molecular weight is 226 g/mol. The molecule has 0 saturated heterocycles. The van der Waals surface area contributed by atoms with Crippen LogP contribution in [-0.4, -0.2) is 24.6 Å². The number of esters is 1. The van der Waals surface area contributed by atoms with Crippen LogP contribution in [-0.2, 0) is 19.1 Å². The molecule has 1 aliphatic carbocycles. The Hall–Kier alpha value is -1.19. The summed E-state index contributed by atoms with van der Waals surface area (Å²) in [6.07, 6.45) is 3.18. The van der Waals surface area contributed by atoms with Gasteiger partial charge in [-0.15, -0.1) is 0 Å². The molecule has 1 fully saturated rings. The second kappa shape index (κ2) is 5.23. The highest BCUT2D eigenvalue weighted by atomic mass is 16.5. The lowest BCUT2D eigenvalue weighted by Crippen LogP contribution is -2.42. The summed E-state index contributed by atoms with van der Waals surface area (Å²) in [7, 11) is 1.29. The third kappa shape index (κ3) is 2.49. The molecule has 0 unspecified atom stereocenters. The van der Waals surface area contributed by atoms with Gasteiger partial charge in [0.25, 0.3) is 0 Å². The number of ether oxygens (including phenoxy) is 1. The number of carbonyl (C=O) groups excluding carboxylic acids is 3. The van der Waals surface area contributed by atoms with Crippen molar-refractivity contribution >= 4 is 17.5 Å². The maximum atomic E-state index is 11.9. The van der Waals surface area contributed by atoms with Crippen LogP contribution in [0.25, 0.3) is 0 Å². The zero-order chi connectivity index (χ0) is 12.2. The molecule has 0 spiro atoms. The van der Waals surface area contributed by atoms with E-state index in [1.165, 1.54) is 14.0 Å². The summed E-state index contributed by atoms with van der Waals surface area (Å²) in [6.45, 7) is 1.47. The van der Waals surface area contributed by atoms with Crippen molar-refractivity contribution in [1.82, 2.24) is 0 Å². The summed E-state index contributed by atoms with van der Waals surface area (Å²) in [5, 5.41) is 0. The fourth-order valence-electron chi connectivity index (χ4n) is 2.26. The topological polar surface area (TPSA) is 60.4 Å². The van der Waals surface area contributed by atoms with Crippen molar-refractivity contribution in [2.75, 3.05) is 7.11 Å². The van der Waals surface area contributed by atoms with Gasteiger partial charge in [-0.3, -0.25) is 9.59 Å². The first-order valence-electron chi connectivity index (χ1n) is 5.64. The molecule has 4 heteroatoms. The summed E-state index contributed by atoms with van der Waals surface area (Å²) in [4.78, 5) is 34.7. The first-order chi connectivity index (χ1) is 7.53. The summed E-state index contributed by atoms with van der Waals surface area (Å²) < 4.78 is 4.72. The molecule has 16 heavy (non-hydrogen) atoms. The first kappa shape index (κ1) is 12.9. The Balaban J connectivity index is 2.86. The van der Waals surface area contributed by atoms with Crippen LogP contribution in [0.4, 0.5) is 0 Å². The Morgan fingerprint density at radius 2 is 2.06 bits per heavy atom. The highest BCUT2D eigenvalue weighted by Crippen LogP contribution is 2.38. The summed E-state index contributed by atoms with van der Waals surface area (Å²) in [6, 6.07) is 0. The molecule has 1 aliphatic rings. The standard InChI is InChI=1S/C12H18O4/c1-9(13)6-8-12(11(15)16-2)7-4-3-5-10(12)14/h3-8H2,1-2H3/t12-/m0/s1. The van der Waals surface area contributed by atoms with Gasteiger partial charge in [-0.1, -0.05) is 6.42 Å². The highest BCUT2D eigenvalue weighted by molar-refractivity contribution is 6.04. The van der Waals surface area contributed by atoms with Crippen LogP contribution in [0.15, 0.2) is 0 Å². The molecule has 1 atom stereocenters. The molecular weight excluding hydrogens is 208 g/mol. The van der Waals surface area contributed by atoms with Crippen molar-refractivity contribution < 1.29 is 19.1 Å². The van der Waals surface area contributed by atoms with E-state index in [1.54, 1.807) is 0 Å². The quantitative estimate of drug-likeness (QED) is 0.540. The third-order valence-electron chi connectivity index (χ3n) is 3.27. The SMILES string of the molecule is COC(=O)[C@]1(CCC(C)=O)CCCCC1=O. The molecule has 4 nitrogen and oxygen atoms in total. The van der Waals surface area contributed by atoms with Gasteiger partial charge in [-0.25, -0.2) is 0 Å². The van der Waals surface area contributed by atoms with E-state index in [0.29, 0.717) is 19.3 Å². The number of Topliss-reactive ketones (excluding diaryl/α,β-unsaturated/α-hetero) is 2. The van der Waals surface area contributed by atoms with E-state index in [0.717, 1.165) is 12.8 Å². The van der Waals surface area contributed by atoms with E-state index in [2.05, 4.69) is 0 Å². The lowest BCUT2D eigenvalue weighted by atomic mass is 9.70. The normalized spacial score (nSPS) is 25.2. The van der Waals surface area contributed by atoms with Gasteiger partial charge >= 0.3 is 5.97 Å². The summed E-state index contributed by atoms with van der Waals surface area (Å²) >= 11 is 0. The molecule has 90 valence electrons. The largest absolute Gasteiger partial charge is 0.468 e. The van der Waals surface area contributed by atoms with E-state index >= 15 is 0 Å². The summed E-state index contributed by atoms with van der Waals surface area (Å²) in [5.41, 5.74) is -1.04. The highest BCUT2D eigenvalue weighted by Gasteiger charge is 2.47. The van der Waals surface area contributed by atoms with Crippen LogP contribution < -0.4 is 0 Å². The van der Waals surface area contributed by atoms with Crippen LogP contribution in [0.2, 0.25) is 0 Å². The maximum Gasteiger partial charge on any atom is 0.319 e. The summed E-state index contributed by atoms with van der Waals surface area (Å²) in [5.74, 6) is -0.535. The van der Waals surface area contributed by atoms with Crippen molar-refractivity contribution in [3.8, 4) is 0 Å². The van der Waals surface area contributed by atoms with Crippen molar-refractivity contribution in [3.05, 3.63) is 0 Å². The monoisotopic (exact) mass is 226 g/mol. The zero-order valence-electron chi connectivity index (χ0n) is 9.88. The van der Waals surface area contributed by atoms with Crippen molar-refractivity contribution in [2.45, 2.75) is 45.4 Å². The maximum absolute atomic E-state index is 11.9. The van der Waals surface area contributed by atoms with Crippen LogP contribution in [0.1, 0.15) is 45.4 Å². The average Bonchev–Trinajstić information content (AvgIpc) is 2.27. The Morgan fingerprint density at radius 1 is 1.38 bits per heavy atom. The zero-order valence-corrected chi connectivity index (χ0v) is 9.88. The van der Waals surface area contributed by atoms with Gasteiger partial charge in [-0.05, 0) is 26.2 Å². The third-order valence-corrected chi connectivity index (χ3v) is 3.27. The predicted molar refractivity (Wildman–Crippen MR) is 57.8 cm³/mol. The van der Waals surface area contributed by atoms with Crippen LogP contribution in [0, 0.1) is 5.41 Å². The van der Waals surface area contributed by atoms with Gasteiger partial charge in [0.05, 0.1) is 7.11 Å². The van der Waals surface area contributed by atoms with E-state index in [1.807, 2.05) is 0 Å². The van der Waals surface area contributed by atoms with E-state index in [9.17, 15) is 14.4 Å². The van der Waals surface area contributed by atoms with Crippen LogP contribution in [0.3, 0.4) is 0 Å². The first-order valence-corrected chi connectivity index (χ1v) is 5.64. The Bertz CT molecular complexity index is 298. The minimum absolute atomic E-state index is 0.00153. The van der Waals surface area contributed by atoms with Gasteiger partial charge in [0.15, 0.2) is 0 Å². The van der Waals surface area contributed by atoms with Gasteiger partial charge in [0.2, 0.25) is 0 Å². The number of methoxy groups -OCH3 is 1. The molecule has 0 amide bonds. The molecule has 0 aromatic carbocycles. The van der Waals surface area contributed by atoms with E-state index in [4.69, 9.17) is 4.74 Å². The fraction of sp³-hybridized carbons (Fsp3) is 0.750. The number of hydrogen-bond donors (Lipinski definition) is 0. The fourth-order valence-corrected chi connectivity index (χ4v) is 2.26. The number of carbonyl (C=O) groups is 3. The second-order valence-corrected chi connectivity index (χ2v) is 4.41. The minimum atomic E-state index is -1.04. The second-order valence-electron chi connectivity index (χ2n) is 4.41. The Morgan fingerprint density at radius 3 is 2.56 bits per heavy atom. The van der Waals surface area contributed by atoms with E-state index in [-0.39, 0.29) is 18.0 Å². The Labute approximate surface area is 95.3 Å². The number of hydrogen-bond acceptors (Lipinski definition) is 4. The van der Waals surface area contributed by atoms with Crippen molar-refractivity contribution in [2.24, 2.45) is 5.41 Å². The lowest BCUT2D eigenvalue weighted by Gasteiger charge is -2.32. The number of rotatable bonds is 4. The van der Waals surface area contributed by atoms with Crippen molar-refractivity contribution in [1.29, 1.82) is 0 Å². The van der Waals surface area contributed by atoms with Gasteiger partial charge in [-0.2, -0.15) is 0 Å². The molecule has 1 saturated carbocycles. The molecular formula is C12H18O4. The van der Waals surface area contributed by atoms with Crippen molar-refractivity contribution in [3.63, 3.8) is 0 Å². The Kier molecular flexibility index (Phi) is 4.21. The molecule has 0 aromatic heterocycles. The van der Waals surface area contributed by atoms with Crippen LogP contribution >= 0.6 is 0 Å². The molecule has 0 heterocycles. The molecule has 0 bridgehead atoms.